The van der Waals surface area contributed by atoms with Gasteiger partial charge in [-0.05, 0) is 30.3 Å². The topological polar surface area (TPSA) is 61.6 Å². The minimum atomic E-state index is -0.604. The van der Waals surface area contributed by atoms with E-state index >= 15 is 0 Å². The fourth-order valence-corrected chi connectivity index (χ4v) is 2.08. The number of pyridine rings is 2. The predicted molar refractivity (Wildman–Crippen MR) is 78.9 cm³/mol. The van der Waals surface area contributed by atoms with Crippen LogP contribution in [0.25, 0.3) is 10.9 Å². The van der Waals surface area contributed by atoms with Gasteiger partial charge in [-0.25, -0.2) is 9.97 Å². The number of aromatic nitrogens is 2. The standard InChI is InChI=1S/C15H8ClFN4/c16-9-1-3-10(4-2-9)20-13-5-11(7-18)21-14-8-19-15(17)6-12(13)14/h1-6,8H,(H,20,21). The molecule has 2 aromatic heterocycles. The number of nitriles is 1. The lowest BCUT2D eigenvalue weighted by molar-refractivity contribution is 0.586. The summed E-state index contributed by atoms with van der Waals surface area (Å²) >= 11 is 5.84. The van der Waals surface area contributed by atoms with E-state index in [1.54, 1.807) is 30.3 Å². The molecule has 6 heteroatoms. The van der Waals surface area contributed by atoms with E-state index in [1.807, 2.05) is 6.07 Å². The molecule has 4 nitrogen and oxygen atoms in total. The maximum absolute atomic E-state index is 13.3. The van der Waals surface area contributed by atoms with Gasteiger partial charge in [0.05, 0.1) is 17.4 Å². The Morgan fingerprint density at radius 2 is 1.95 bits per heavy atom. The zero-order chi connectivity index (χ0) is 14.8. The average Bonchev–Trinajstić information content (AvgIpc) is 2.49. The van der Waals surface area contributed by atoms with Crippen LogP contribution in [0.3, 0.4) is 0 Å². The van der Waals surface area contributed by atoms with Gasteiger partial charge in [0.15, 0.2) is 0 Å². The molecular formula is C15H8ClFN4. The molecule has 0 unspecified atom stereocenters. The Kier molecular flexibility index (Phi) is 3.38. The molecule has 0 radical (unpaired) electrons. The highest BCUT2D eigenvalue weighted by molar-refractivity contribution is 6.30. The van der Waals surface area contributed by atoms with Crippen molar-refractivity contribution in [1.29, 1.82) is 5.26 Å². The zero-order valence-corrected chi connectivity index (χ0v) is 11.4. The van der Waals surface area contributed by atoms with Gasteiger partial charge in [0.25, 0.3) is 0 Å². The summed E-state index contributed by atoms with van der Waals surface area (Å²) in [6.07, 6.45) is 1.30. The highest BCUT2D eigenvalue weighted by atomic mass is 35.5. The van der Waals surface area contributed by atoms with Gasteiger partial charge in [-0.3, -0.25) is 0 Å². The first-order chi connectivity index (χ1) is 10.2. The van der Waals surface area contributed by atoms with Crippen molar-refractivity contribution in [3.63, 3.8) is 0 Å². The normalized spacial score (nSPS) is 10.3. The van der Waals surface area contributed by atoms with E-state index in [0.29, 0.717) is 21.6 Å². The second-order valence-corrected chi connectivity index (χ2v) is 4.76. The molecule has 1 aromatic carbocycles. The van der Waals surface area contributed by atoms with Gasteiger partial charge >= 0.3 is 0 Å². The highest BCUT2D eigenvalue weighted by Gasteiger charge is 2.08. The quantitative estimate of drug-likeness (QED) is 0.725. The first-order valence-corrected chi connectivity index (χ1v) is 6.42. The van der Waals surface area contributed by atoms with Gasteiger partial charge in [-0.2, -0.15) is 9.65 Å². The molecule has 0 saturated heterocycles. The molecule has 2 heterocycles. The summed E-state index contributed by atoms with van der Waals surface area (Å²) in [6, 6.07) is 11.9. The van der Waals surface area contributed by atoms with Crippen molar-refractivity contribution in [2.24, 2.45) is 0 Å². The second kappa shape index (κ2) is 5.35. The summed E-state index contributed by atoms with van der Waals surface area (Å²) in [5.74, 6) is -0.604. The van der Waals surface area contributed by atoms with Crippen LogP contribution in [0, 0.1) is 17.3 Å². The van der Waals surface area contributed by atoms with E-state index in [-0.39, 0.29) is 5.69 Å². The molecule has 0 aliphatic rings. The molecule has 0 amide bonds. The molecule has 102 valence electrons. The number of halogens is 2. The molecule has 3 aromatic rings. The van der Waals surface area contributed by atoms with Crippen LogP contribution in [-0.2, 0) is 0 Å². The molecule has 0 saturated carbocycles. The number of nitrogens with one attached hydrogen (secondary N) is 1. The molecule has 0 aliphatic heterocycles. The maximum atomic E-state index is 13.3. The van der Waals surface area contributed by atoms with Gasteiger partial charge in [0.2, 0.25) is 5.95 Å². The van der Waals surface area contributed by atoms with Crippen LogP contribution >= 0.6 is 11.6 Å². The number of hydrogen-bond donors (Lipinski definition) is 1. The van der Waals surface area contributed by atoms with Crippen molar-refractivity contribution in [2.75, 3.05) is 5.32 Å². The van der Waals surface area contributed by atoms with Gasteiger partial charge < -0.3 is 5.32 Å². The Hall–Kier alpha value is -2.71. The summed E-state index contributed by atoms with van der Waals surface area (Å²) < 4.78 is 13.3. The maximum Gasteiger partial charge on any atom is 0.213 e. The smallest absolute Gasteiger partial charge is 0.213 e. The van der Waals surface area contributed by atoms with E-state index in [9.17, 15) is 4.39 Å². The number of rotatable bonds is 2. The van der Waals surface area contributed by atoms with Gasteiger partial charge in [-0.1, -0.05) is 11.6 Å². The Balaban J connectivity index is 2.13. The summed E-state index contributed by atoms with van der Waals surface area (Å²) in [4.78, 5) is 7.66. The summed E-state index contributed by atoms with van der Waals surface area (Å²) in [7, 11) is 0. The van der Waals surface area contributed by atoms with Crippen LogP contribution in [0.5, 0.6) is 0 Å². The Morgan fingerprint density at radius 1 is 1.19 bits per heavy atom. The van der Waals surface area contributed by atoms with Crippen LogP contribution in [0.4, 0.5) is 15.8 Å². The van der Waals surface area contributed by atoms with E-state index in [4.69, 9.17) is 16.9 Å². The molecule has 0 spiro atoms. The minimum Gasteiger partial charge on any atom is -0.355 e. The number of fused-ring (bicyclic) bond motifs is 1. The fourth-order valence-electron chi connectivity index (χ4n) is 1.95. The molecule has 0 bridgehead atoms. The Morgan fingerprint density at radius 3 is 2.67 bits per heavy atom. The van der Waals surface area contributed by atoms with Crippen molar-refractivity contribution >= 4 is 33.9 Å². The third-order valence-corrected chi connectivity index (χ3v) is 3.15. The lowest BCUT2D eigenvalue weighted by Crippen LogP contribution is -1.96. The zero-order valence-electron chi connectivity index (χ0n) is 10.6. The van der Waals surface area contributed by atoms with Crippen LogP contribution in [0.15, 0.2) is 42.6 Å². The van der Waals surface area contributed by atoms with Crippen LogP contribution < -0.4 is 5.32 Å². The third-order valence-electron chi connectivity index (χ3n) is 2.90. The van der Waals surface area contributed by atoms with Crippen LogP contribution in [0.1, 0.15) is 5.69 Å². The second-order valence-electron chi connectivity index (χ2n) is 4.32. The molecule has 1 N–H and O–H groups in total. The molecular weight excluding hydrogens is 291 g/mol. The van der Waals surface area contributed by atoms with E-state index < -0.39 is 5.95 Å². The van der Waals surface area contributed by atoms with Crippen molar-refractivity contribution < 1.29 is 4.39 Å². The molecule has 0 aliphatic carbocycles. The van der Waals surface area contributed by atoms with Crippen molar-refractivity contribution in [2.45, 2.75) is 0 Å². The molecule has 0 atom stereocenters. The third kappa shape index (κ3) is 2.76. The van der Waals surface area contributed by atoms with Gasteiger partial charge in [-0.15, -0.1) is 0 Å². The van der Waals surface area contributed by atoms with Gasteiger partial charge in [0, 0.05) is 22.2 Å². The number of anilines is 2. The lowest BCUT2D eigenvalue weighted by Gasteiger charge is -2.10. The minimum absolute atomic E-state index is 0.229. The number of hydrogen-bond acceptors (Lipinski definition) is 4. The van der Waals surface area contributed by atoms with Crippen molar-refractivity contribution in [3.05, 3.63) is 59.3 Å². The SMILES string of the molecule is N#Cc1cc(Nc2ccc(Cl)cc2)c2cc(F)ncc2n1. The monoisotopic (exact) mass is 298 g/mol. The Labute approximate surface area is 124 Å². The largest absolute Gasteiger partial charge is 0.355 e. The predicted octanol–water partition coefficient (Wildman–Crippen LogP) is 4.04. The average molecular weight is 299 g/mol. The first kappa shape index (κ1) is 13.3. The lowest BCUT2D eigenvalue weighted by atomic mass is 10.2. The fraction of sp³-hybridized carbons (Fsp3) is 0. The van der Waals surface area contributed by atoms with E-state index in [1.165, 1.54) is 12.3 Å². The Bertz CT molecular complexity index is 856. The summed E-state index contributed by atoms with van der Waals surface area (Å²) in [6.45, 7) is 0. The van der Waals surface area contributed by atoms with Crippen molar-refractivity contribution in [3.8, 4) is 6.07 Å². The van der Waals surface area contributed by atoms with Crippen LogP contribution in [-0.4, -0.2) is 9.97 Å². The molecule has 0 fully saturated rings. The first-order valence-electron chi connectivity index (χ1n) is 6.05. The summed E-state index contributed by atoms with van der Waals surface area (Å²) in [5, 5.41) is 13.3. The highest BCUT2D eigenvalue weighted by Crippen LogP contribution is 2.27. The van der Waals surface area contributed by atoms with Crippen LogP contribution in [0.2, 0.25) is 5.02 Å². The van der Waals surface area contributed by atoms with Gasteiger partial charge in [0.1, 0.15) is 11.8 Å². The summed E-state index contributed by atoms with van der Waals surface area (Å²) in [5.41, 5.74) is 2.03. The van der Waals surface area contributed by atoms with E-state index in [2.05, 4.69) is 15.3 Å². The molecule has 21 heavy (non-hydrogen) atoms. The number of benzene rings is 1. The van der Waals surface area contributed by atoms with Crippen molar-refractivity contribution in [1.82, 2.24) is 9.97 Å². The van der Waals surface area contributed by atoms with E-state index in [0.717, 1.165) is 5.69 Å². The number of nitrogens with zero attached hydrogens (tertiary/aromatic N) is 3. The molecule has 3 rings (SSSR count).